The average Bonchev–Trinajstić information content (AvgIpc) is 3.02. The van der Waals surface area contributed by atoms with Gasteiger partial charge >= 0.3 is 11.9 Å². The number of esters is 2. The molecule has 268 valence electrons. The first-order chi connectivity index (χ1) is 21.8. The molecule has 0 spiro atoms. The second-order valence-corrected chi connectivity index (χ2v) is 14.5. The van der Waals surface area contributed by atoms with E-state index in [1.807, 2.05) is 0 Å². The molecule has 1 N–H and O–H groups in total. The highest BCUT2D eigenvalue weighted by molar-refractivity contribution is 5.69. The largest absolute Gasteiger partial charge is 0.463 e. The molecule has 0 aromatic rings. The predicted octanol–water partition coefficient (Wildman–Crippen LogP) is 12.1. The van der Waals surface area contributed by atoms with Crippen molar-refractivity contribution in [3.05, 3.63) is 0 Å². The van der Waals surface area contributed by atoms with Gasteiger partial charge in [0.05, 0.1) is 0 Å². The Balaban J connectivity index is 3.36. The first-order valence-electron chi connectivity index (χ1n) is 19.8. The van der Waals surface area contributed by atoms with E-state index in [9.17, 15) is 14.7 Å². The van der Waals surface area contributed by atoms with Crippen LogP contribution in [0.1, 0.15) is 214 Å². The SMILES string of the molecule is CCC(C)CCCCCCCCC(=O)OC[C@H](O)COC(=O)CCCCCCCCCCCCCCCCCCCCC(C)C. The normalized spacial score (nSPS) is 12.8. The molecule has 0 amide bonds. The highest BCUT2D eigenvalue weighted by Crippen LogP contribution is 2.17. The van der Waals surface area contributed by atoms with E-state index < -0.39 is 6.10 Å². The third-order valence-electron chi connectivity index (χ3n) is 9.31. The number of carbonyl (C=O) groups is 2. The molecule has 0 radical (unpaired) electrons. The lowest BCUT2D eigenvalue weighted by atomic mass is 10.00. The summed E-state index contributed by atoms with van der Waals surface area (Å²) in [5.41, 5.74) is 0. The Kier molecular flexibility index (Phi) is 33.4. The number of carbonyl (C=O) groups excluding carboxylic acids is 2. The number of unbranched alkanes of at least 4 members (excludes halogenated alkanes) is 22. The van der Waals surface area contributed by atoms with E-state index in [1.54, 1.807) is 0 Å². The number of aliphatic hydroxyl groups excluding tert-OH is 1. The fourth-order valence-corrected chi connectivity index (χ4v) is 5.89. The highest BCUT2D eigenvalue weighted by Gasteiger charge is 2.12. The average molecular weight is 639 g/mol. The Bertz CT molecular complexity index is 634. The van der Waals surface area contributed by atoms with Gasteiger partial charge in [-0.3, -0.25) is 9.59 Å². The maximum absolute atomic E-state index is 12.0. The van der Waals surface area contributed by atoms with Crippen molar-refractivity contribution in [2.45, 2.75) is 220 Å². The molecule has 0 saturated carbocycles. The summed E-state index contributed by atoms with van der Waals surface area (Å²) in [6, 6.07) is 0. The maximum atomic E-state index is 12.0. The number of ether oxygens (including phenoxy) is 2. The number of hydrogen-bond donors (Lipinski definition) is 1. The van der Waals surface area contributed by atoms with Crippen LogP contribution in [-0.4, -0.2) is 36.4 Å². The van der Waals surface area contributed by atoms with E-state index in [2.05, 4.69) is 27.7 Å². The van der Waals surface area contributed by atoms with Crippen LogP contribution in [0.2, 0.25) is 0 Å². The van der Waals surface area contributed by atoms with E-state index in [0.29, 0.717) is 12.8 Å². The van der Waals surface area contributed by atoms with E-state index in [4.69, 9.17) is 9.47 Å². The third kappa shape index (κ3) is 35.6. The summed E-state index contributed by atoms with van der Waals surface area (Å²) in [6.07, 6.45) is 34.5. The Labute approximate surface area is 280 Å². The standard InChI is InChI=1S/C40H78O5/c1-5-37(4)31-27-23-20-21-25-29-33-40(43)45-35-38(41)34-44-39(42)32-28-24-19-17-15-13-11-9-7-6-8-10-12-14-16-18-22-26-30-36(2)3/h36-38,41H,5-35H2,1-4H3/t37?,38-/m1/s1. The number of rotatable bonds is 35. The molecule has 0 rings (SSSR count). The fourth-order valence-electron chi connectivity index (χ4n) is 5.89. The smallest absolute Gasteiger partial charge is 0.305 e. The Morgan fingerprint density at radius 2 is 0.756 bits per heavy atom. The highest BCUT2D eigenvalue weighted by atomic mass is 16.6. The van der Waals surface area contributed by atoms with Gasteiger partial charge in [-0.25, -0.2) is 0 Å². The summed E-state index contributed by atoms with van der Waals surface area (Å²) >= 11 is 0. The lowest BCUT2D eigenvalue weighted by Crippen LogP contribution is -2.25. The quantitative estimate of drug-likeness (QED) is 0.0552. The van der Waals surface area contributed by atoms with Crippen molar-refractivity contribution in [1.29, 1.82) is 0 Å². The van der Waals surface area contributed by atoms with Gasteiger partial charge in [-0.05, 0) is 24.7 Å². The predicted molar refractivity (Wildman–Crippen MR) is 191 cm³/mol. The minimum atomic E-state index is -0.956. The summed E-state index contributed by atoms with van der Waals surface area (Å²) < 4.78 is 10.3. The van der Waals surface area contributed by atoms with Gasteiger partial charge in [-0.15, -0.1) is 0 Å². The molecule has 2 atom stereocenters. The molecule has 0 aromatic heterocycles. The molecule has 0 aliphatic heterocycles. The molecule has 0 aliphatic carbocycles. The summed E-state index contributed by atoms with van der Waals surface area (Å²) in [4.78, 5) is 23.9. The molecular weight excluding hydrogens is 560 g/mol. The van der Waals surface area contributed by atoms with Crippen LogP contribution in [0, 0.1) is 11.8 Å². The molecule has 0 saturated heterocycles. The van der Waals surface area contributed by atoms with E-state index in [1.165, 1.54) is 141 Å². The zero-order valence-corrected chi connectivity index (χ0v) is 30.7. The molecule has 1 unspecified atom stereocenters. The molecule has 0 aromatic carbocycles. The van der Waals surface area contributed by atoms with Gasteiger partial charge in [0.25, 0.3) is 0 Å². The van der Waals surface area contributed by atoms with Gasteiger partial charge in [0.15, 0.2) is 0 Å². The lowest BCUT2D eigenvalue weighted by Gasteiger charge is -2.12. The van der Waals surface area contributed by atoms with Crippen LogP contribution in [0.25, 0.3) is 0 Å². The summed E-state index contributed by atoms with van der Waals surface area (Å²) in [5, 5.41) is 9.99. The first kappa shape index (κ1) is 43.9. The van der Waals surface area contributed by atoms with Gasteiger partial charge in [-0.1, -0.05) is 188 Å². The zero-order chi connectivity index (χ0) is 33.2. The summed E-state index contributed by atoms with van der Waals surface area (Å²) in [5.74, 6) is 1.14. The van der Waals surface area contributed by atoms with Crippen LogP contribution in [-0.2, 0) is 19.1 Å². The van der Waals surface area contributed by atoms with Crippen molar-refractivity contribution in [1.82, 2.24) is 0 Å². The second kappa shape index (κ2) is 34.2. The van der Waals surface area contributed by atoms with Crippen LogP contribution < -0.4 is 0 Å². The van der Waals surface area contributed by atoms with E-state index in [0.717, 1.165) is 43.9 Å². The topological polar surface area (TPSA) is 72.8 Å². The molecule has 0 heterocycles. The molecular formula is C40H78O5. The Hall–Kier alpha value is -1.10. The molecule has 0 bridgehead atoms. The van der Waals surface area contributed by atoms with Crippen molar-refractivity contribution < 1.29 is 24.2 Å². The van der Waals surface area contributed by atoms with Crippen molar-refractivity contribution in [3.63, 3.8) is 0 Å². The van der Waals surface area contributed by atoms with Gasteiger partial charge in [0, 0.05) is 12.8 Å². The van der Waals surface area contributed by atoms with Gasteiger partial charge in [-0.2, -0.15) is 0 Å². The van der Waals surface area contributed by atoms with Crippen molar-refractivity contribution in [3.8, 4) is 0 Å². The Morgan fingerprint density at radius 3 is 1.07 bits per heavy atom. The van der Waals surface area contributed by atoms with Gasteiger partial charge in [0.1, 0.15) is 19.3 Å². The molecule has 45 heavy (non-hydrogen) atoms. The second-order valence-electron chi connectivity index (χ2n) is 14.5. The minimum absolute atomic E-state index is 0.110. The van der Waals surface area contributed by atoms with Crippen LogP contribution in [0.4, 0.5) is 0 Å². The first-order valence-corrected chi connectivity index (χ1v) is 19.8. The van der Waals surface area contributed by atoms with Gasteiger partial charge < -0.3 is 14.6 Å². The fraction of sp³-hybridized carbons (Fsp3) is 0.950. The van der Waals surface area contributed by atoms with Crippen molar-refractivity contribution in [2.24, 2.45) is 11.8 Å². The minimum Gasteiger partial charge on any atom is -0.463 e. The molecule has 0 aliphatic rings. The molecule has 5 nitrogen and oxygen atoms in total. The monoisotopic (exact) mass is 639 g/mol. The maximum Gasteiger partial charge on any atom is 0.305 e. The van der Waals surface area contributed by atoms with Crippen molar-refractivity contribution >= 4 is 11.9 Å². The number of aliphatic hydroxyl groups is 1. The molecule has 5 heteroatoms. The van der Waals surface area contributed by atoms with Crippen molar-refractivity contribution in [2.75, 3.05) is 13.2 Å². The van der Waals surface area contributed by atoms with Crippen LogP contribution in [0.15, 0.2) is 0 Å². The lowest BCUT2D eigenvalue weighted by molar-refractivity contribution is -0.152. The van der Waals surface area contributed by atoms with Crippen LogP contribution in [0.3, 0.4) is 0 Å². The van der Waals surface area contributed by atoms with Crippen LogP contribution in [0.5, 0.6) is 0 Å². The Morgan fingerprint density at radius 1 is 0.467 bits per heavy atom. The summed E-state index contributed by atoms with van der Waals surface area (Å²) in [7, 11) is 0. The summed E-state index contributed by atoms with van der Waals surface area (Å²) in [6.45, 7) is 9.00. The third-order valence-corrected chi connectivity index (χ3v) is 9.31. The van der Waals surface area contributed by atoms with E-state index >= 15 is 0 Å². The number of hydrogen-bond acceptors (Lipinski definition) is 5. The zero-order valence-electron chi connectivity index (χ0n) is 30.7. The van der Waals surface area contributed by atoms with Gasteiger partial charge in [0.2, 0.25) is 0 Å². The van der Waals surface area contributed by atoms with E-state index in [-0.39, 0.29) is 25.2 Å². The van der Waals surface area contributed by atoms with Crippen LogP contribution >= 0.6 is 0 Å². The molecule has 0 fully saturated rings.